The predicted molar refractivity (Wildman–Crippen MR) is 42.0 cm³/mol. The van der Waals surface area contributed by atoms with Gasteiger partial charge in [-0.3, -0.25) is 5.41 Å². The standard InChI is InChI=1S/C7H16N2O/c1-4-7(8)10-9(5-2)6-3/h8H,4-6H2,1-3H3. The normalized spacial score (nSPS) is 10.0. The molecule has 0 fully saturated rings. The van der Waals surface area contributed by atoms with Crippen LogP contribution in [0.25, 0.3) is 0 Å². The molecule has 10 heavy (non-hydrogen) atoms. The van der Waals surface area contributed by atoms with Crippen LogP contribution in [0.15, 0.2) is 0 Å². The molecule has 0 rings (SSSR count). The van der Waals surface area contributed by atoms with Crippen LogP contribution in [0, 0.1) is 5.41 Å². The molecule has 0 aliphatic carbocycles. The summed E-state index contributed by atoms with van der Waals surface area (Å²) in [5.74, 6) is 0.337. The van der Waals surface area contributed by atoms with Gasteiger partial charge in [-0.25, -0.2) is 0 Å². The van der Waals surface area contributed by atoms with Crippen molar-refractivity contribution in [2.75, 3.05) is 13.1 Å². The number of hydrogen-bond acceptors (Lipinski definition) is 3. The van der Waals surface area contributed by atoms with Crippen LogP contribution in [-0.4, -0.2) is 24.1 Å². The summed E-state index contributed by atoms with van der Waals surface area (Å²) >= 11 is 0. The van der Waals surface area contributed by atoms with Gasteiger partial charge in [0, 0.05) is 19.5 Å². The molecule has 60 valence electrons. The van der Waals surface area contributed by atoms with Crippen LogP contribution in [0.1, 0.15) is 27.2 Å². The molecule has 0 amide bonds. The van der Waals surface area contributed by atoms with Crippen molar-refractivity contribution in [3.05, 3.63) is 0 Å². The van der Waals surface area contributed by atoms with E-state index in [1.807, 2.05) is 20.8 Å². The van der Waals surface area contributed by atoms with Crippen molar-refractivity contribution >= 4 is 5.90 Å². The van der Waals surface area contributed by atoms with Crippen LogP contribution < -0.4 is 0 Å². The third-order valence-electron chi connectivity index (χ3n) is 1.27. The zero-order valence-electron chi connectivity index (χ0n) is 6.98. The minimum Gasteiger partial charge on any atom is -0.391 e. The molecule has 0 spiro atoms. The maximum Gasteiger partial charge on any atom is 0.206 e. The van der Waals surface area contributed by atoms with E-state index in [9.17, 15) is 0 Å². The SMILES string of the molecule is CCC(=N)ON(CC)CC. The first-order valence-electron chi connectivity index (χ1n) is 3.74. The molecule has 0 aliphatic heterocycles. The minimum atomic E-state index is 0.337. The van der Waals surface area contributed by atoms with Crippen LogP contribution >= 0.6 is 0 Å². The highest BCUT2D eigenvalue weighted by molar-refractivity contribution is 5.71. The van der Waals surface area contributed by atoms with E-state index in [4.69, 9.17) is 10.2 Å². The van der Waals surface area contributed by atoms with E-state index in [0.29, 0.717) is 12.3 Å². The summed E-state index contributed by atoms with van der Waals surface area (Å²) in [6, 6.07) is 0. The first-order valence-corrected chi connectivity index (χ1v) is 3.74. The summed E-state index contributed by atoms with van der Waals surface area (Å²) in [6.45, 7) is 7.59. The van der Waals surface area contributed by atoms with Gasteiger partial charge in [0.25, 0.3) is 0 Å². The molecule has 0 saturated heterocycles. The molecule has 0 radical (unpaired) electrons. The average Bonchev–Trinajstić information content (AvgIpc) is 1.99. The molecule has 0 saturated carbocycles. The summed E-state index contributed by atoms with van der Waals surface area (Å²) in [5, 5.41) is 8.97. The Balaban J connectivity index is 3.52. The number of rotatable bonds is 4. The largest absolute Gasteiger partial charge is 0.391 e. The second kappa shape index (κ2) is 5.23. The summed E-state index contributed by atoms with van der Waals surface area (Å²) in [4.78, 5) is 5.11. The zero-order chi connectivity index (χ0) is 7.98. The van der Waals surface area contributed by atoms with Gasteiger partial charge in [0.05, 0.1) is 0 Å². The predicted octanol–water partition coefficient (Wildman–Crippen LogP) is 1.65. The minimum absolute atomic E-state index is 0.337. The number of hydrogen-bond donors (Lipinski definition) is 1. The van der Waals surface area contributed by atoms with Crippen molar-refractivity contribution in [3.8, 4) is 0 Å². The van der Waals surface area contributed by atoms with E-state index >= 15 is 0 Å². The first kappa shape index (κ1) is 9.43. The molecule has 0 bridgehead atoms. The molecule has 0 aromatic carbocycles. The van der Waals surface area contributed by atoms with E-state index < -0.39 is 0 Å². The molecule has 0 aromatic rings. The molecule has 0 aromatic heterocycles. The van der Waals surface area contributed by atoms with E-state index in [-0.39, 0.29) is 0 Å². The van der Waals surface area contributed by atoms with Crippen LogP contribution in [0.4, 0.5) is 0 Å². The third-order valence-corrected chi connectivity index (χ3v) is 1.27. The maximum absolute atomic E-state index is 7.21. The monoisotopic (exact) mass is 144 g/mol. The van der Waals surface area contributed by atoms with E-state index in [0.717, 1.165) is 13.1 Å². The fourth-order valence-electron chi connectivity index (χ4n) is 0.573. The average molecular weight is 144 g/mol. The third kappa shape index (κ3) is 3.45. The van der Waals surface area contributed by atoms with E-state index in [1.165, 1.54) is 0 Å². The van der Waals surface area contributed by atoms with E-state index in [1.54, 1.807) is 5.06 Å². The number of nitrogens with one attached hydrogen (secondary N) is 1. The summed E-state index contributed by atoms with van der Waals surface area (Å²) in [5.41, 5.74) is 0. The molecule has 3 nitrogen and oxygen atoms in total. The first-order chi connectivity index (χ1) is 4.74. The van der Waals surface area contributed by atoms with Gasteiger partial charge in [-0.05, 0) is 13.8 Å². The molecular formula is C7H16N2O. The van der Waals surface area contributed by atoms with Gasteiger partial charge in [0.1, 0.15) is 0 Å². The Bertz CT molecular complexity index is 99.8. The summed E-state index contributed by atoms with van der Waals surface area (Å²) in [7, 11) is 0. The Morgan fingerprint density at radius 1 is 1.30 bits per heavy atom. The topological polar surface area (TPSA) is 36.3 Å². The van der Waals surface area contributed by atoms with Gasteiger partial charge < -0.3 is 4.84 Å². The van der Waals surface area contributed by atoms with Crippen LogP contribution in [0.3, 0.4) is 0 Å². The lowest BCUT2D eigenvalue weighted by Crippen LogP contribution is -2.26. The fraction of sp³-hybridized carbons (Fsp3) is 0.857. The van der Waals surface area contributed by atoms with Crippen molar-refractivity contribution in [1.29, 1.82) is 5.41 Å². The van der Waals surface area contributed by atoms with Crippen molar-refractivity contribution in [2.45, 2.75) is 27.2 Å². The number of hydroxylamine groups is 2. The summed E-state index contributed by atoms with van der Waals surface area (Å²) < 4.78 is 0. The van der Waals surface area contributed by atoms with Gasteiger partial charge in [-0.15, -0.1) is 5.06 Å². The Labute approximate surface area is 62.4 Å². The molecule has 3 heteroatoms. The van der Waals surface area contributed by atoms with Crippen molar-refractivity contribution in [1.82, 2.24) is 5.06 Å². The van der Waals surface area contributed by atoms with Gasteiger partial charge in [0.15, 0.2) is 0 Å². The van der Waals surface area contributed by atoms with Gasteiger partial charge in [-0.1, -0.05) is 6.92 Å². The fourth-order valence-corrected chi connectivity index (χ4v) is 0.573. The molecule has 1 N–H and O–H groups in total. The van der Waals surface area contributed by atoms with Crippen LogP contribution in [0.2, 0.25) is 0 Å². The van der Waals surface area contributed by atoms with Gasteiger partial charge in [-0.2, -0.15) is 0 Å². The Hall–Kier alpha value is -0.570. The van der Waals surface area contributed by atoms with Gasteiger partial charge >= 0.3 is 0 Å². The second-order valence-electron chi connectivity index (χ2n) is 1.98. The molecule has 0 unspecified atom stereocenters. The van der Waals surface area contributed by atoms with E-state index in [2.05, 4.69) is 0 Å². The van der Waals surface area contributed by atoms with Crippen LogP contribution in [0.5, 0.6) is 0 Å². The lowest BCUT2D eigenvalue weighted by molar-refractivity contribution is -0.0668. The molecular weight excluding hydrogens is 128 g/mol. The molecule has 0 heterocycles. The Kier molecular flexibility index (Phi) is 4.94. The highest BCUT2D eigenvalue weighted by atomic mass is 16.7. The zero-order valence-corrected chi connectivity index (χ0v) is 6.98. The number of nitrogens with zero attached hydrogens (tertiary/aromatic N) is 1. The highest BCUT2D eigenvalue weighted by Gasteiger charge is 2.00. The second-order valence-corrected chi connectivity index (χ2v) is 1.98. The lowest BCUT2D eigenvalue weighted by Gasteiger charge is -2.17. The van der Waals surface area contributed by atoms with Crippen molar-refractivity contribution in [3.63, 3.8) is 0 Å². The highest BCUT2D eigenvalue weighted by Crippen LogP contribution is 1.92. The van der Waals surface area contributed by atoms with Crippen LogP contribution in [-0.2, 0) is 4.84 Å². The molecule has 0 aliphatic rings. The quantitative estimate of drug-likeness (QED) is 0.370. The summed E-state index contributed by atoms with van der Waals surface area (Å²) in [6.07, 6.45) is 0.663. The van der Waals surface area contributed by atoms with Crippen molar-refractivity contribution < 1.29 is 4.84 Å². The molecule has 0 atom stereocenters. The lowest BCUT2D eigenvalue weighted by atomic mass is 10.5. The smallest absolute Gasteiger partial charge is 0.206 e. The Morgan fingerprint density at radius 3 is 2.10 bits per heavy atom. The van der Waals surface area contributed by atoms with Crippen molar-refractivity contribution in [2.24, 2.45) is 0 Å². The van der Waals surface area contributed by atoms with Gasteiger partial charge in [0.2, 0.25) is 5.90 Å². The maximum atomic E-state index is 7.21. The Morgan fingerprint density at radius 2 is 1.80 bits per heavy atom.